The Morgan fingerprint density at radius 1 is 1.12 bits per heavy atom. The minimum absolute atomic E-state index is 0.203. The van der Waals surface area contributed by atoms with Gasteiger partial charge in [-0.05, 0) is 81.0 Å². The van der Waals surface area contributed by atoms with Crippen molar-refractivity contribution in [1.82, 2.24) is 0 Å². The van der Waals surface area contributed by atoms with Crippen molar-refractivity contribution in [1.29, 1.82) is 0 Å². The Kier molecular flexibility index (Phi) is 5.28. The molecule has 5 heteroatoms. The van der Waals surface area contributed by atoms with Gasteiger partial charge in [0, 0.05) is 5.69 Å². The third kappa shape index (κ3) is 4.39. The Hall–Kier alpha value is -2.01. The first kappa shape index (κ1) is 18.8. The van der Waals surface area contributed by atoms with Crippen molar-refractivity contribution in [2.75, 3.05) is 4.72 Å². The largest absolute Gasteiger partial charge is 0.488 e. The SMILES string of the molecule is CCCCc1ccc(NS(=O)(=O)c2ccc3c(c2)CCC(C)(C)O3)cc1. The molecule has 1 aliphatic heterocycles. The van der Waals surface area contributed by atoms with E-state index in [4.69, 9.17) is 4.74 Å². The van der Waals surface area contributed by atoms with Crippen molar-refractivity contribution < 1.29 is 13.2 Å². The fourth-order valence-corrected chi connectivity index (χ4v) is 4.25. The molecule has 0 saturated carbocycles. The summed E-state index contributed by atoms with van der Waals surface area (Å²) in [6, 6.07) is 12.7. The minimum Gasteiger partial charge on any atom is -0.488 e. The van der Waals surface area contributed by atoms with Gasteiger partial charge in [-0.2, -0.15) is 0 Å². The molecule has 140 valence electrons. The highest BCUT2D eigenvalue weighted by Crippen LogP contribution is 2.34. The van der Waals surface area contributed by atoms with Gasteiger partial charge in [0.2, 0.25) is 0 Å². The van der Waals surface area contributed by atoms with Crippen LogP contribution in [0, 0.1) is 0 Å². The molecule has 0 saturated heterocycles. The first-order valence-electron chi connectivity index (χ1n) is 9.23. The van der Waals surface area contributed by atoms with E-state index in [-0.39, 0.29) is 10.5 Å². The van der Waals surface area contributed by atoms with Gasteiger partial charge in [-0.3, -0.25) is 4.72 Å². The van der Waals surface area contributed by atoms with Crippen LogP contribution in [0.15, 0.2) is 47.4 Å². The van der Waals surface area contributed by atoms with Crippen LogP contribution < -0.4 is 9.46 Å². The lowest BCUT2D eigenvalue weighted by atomic mass is 9.94. The highest BCUT2D eigenvalue weighted by Gasteiger charge is 2.27. The van der Waals surface area contributed by atoms with Crippen LogP contribution >= 0.6 is 0 Å². The molecule has 0 fully saturated rings. The molecule has 0 aliphatic carbocycles. The third-order valence-corrected chi connectivity index (χ3v) is 6.13. The molecule has 1 aliphatic rings. The lowest BCUT2D eigenvalue weighted by Crippen LogP contribution is -2.32. The molecule has 0 bridgehead atoms. The average Bonchev–Trinajstić information content (AvgIpc) is 2.59. The number of ether oxygens (including phenoxy) is 1. The molecule has 0 unspecified atom stereocenters. The Labute approximate surface area is 156 Å². The maximum absolute atomic E-state index is 12.7. The molecule has 1 heterocycles. The van der Waals surface area contributed by atoms with Crippen molar-refractivity contribution >= 4 is 15.7 Å². The van der Waals surface area contributed by atoms with Crippen LogP contribution in [0.5, 0.6) is 5.75 Å². The molecule has 3 rings (SSSR count). The lowest BCUT2D eigenvalue weighted by molar-refractivity contribution is 0.0845. The van der Waals surface area contributed by atoms with Gasteiger partial charge in [0.15, 0.2) is 0 Å². The first-order valence-corrected chi connectivity index (χ1v) is 10.7. The maximum atomic E-state index is 12.7. The van der Waals surface area contributed by atoms with E-state index in [1.165, 1.54) is 5.56 Å². The lowest BCUT2D eigenvalue weighted by Gasteiger charge is -2.32. The van der Waals surface area contributed by atoms with Gasteiger partial charge in [0.05, 0.1) is 4.90 Å². The van der Waals surface area contributed by atoms with Crippen LogP contribution in [0.25, 0.3) is 0 Å². The molecule has 0 amide bonds. The van der Waals surface area contributed by atoms with Gasteiger partial charge in [0.1, 0.15) is 11.4 Å². The quantitative estimate of drug-likeness (QED) is 0.781. The van der Waals surface area contributed by atoms with Crippen molar-refractivity contribution in [3.8, 4) is 5.75 Å². The number of aryl methyl sites for hydroxylation is 2. The van der Waals surface area contributed by atoms with Gasteiger partial charge < -0.3 is 4.74 Å². The van der Waals surface area contributed by atoms with E-state index < -0.39 is 10.0 Å². The standard InChI is InChI=1S/C21H27NO3S/c1-4-5-6-16-7-9-18(10-8-16)22-26(23,24)19-11-12-20-17(15-19)13-14-21(2,3)25-20/h7-12,15,22H,4-6,13-14H2,1-3H3. The van der Waals surface area contributed by atoms with Gasteiger partial charge >= 0.3 is 0 Å². The van der Waals surface area contributed by atoms with Crippen molar-refractivity contribution in [2.24, 2.45) is 0 Å². The normalized spacial score (nSPS) is 15.8. The first-order chi connectivity index (χ1) is 12.3. The smallest absolute Gasteiger partial charge is 0.261 e. The third-order valence-electron chi connectivity index (χ3n) is 4.75. The van der Waals surface area contributed by atoms with E-state index in [1.54, 1.807) is 18.2 Å². The van der Waals surface area contributed by atoms with Gasteiger partial charge in [0.25, 0.3) is 10.0 Å². The second kappa shape index (κ2) is 7.31. The number of hydrogen-bond donors (Lipinski definition) is 1. The summed E-state index contributed by atoms with van der Waals surface area (Å²) in [5, 5.41) is 0. The number of benzene rings is 2. The molecule has 0 aromatic heterocycles. The summed E-state index contributed by atoms with van der Waals surface area (Å²) in [6.45, 7) is 6.26. The Morgan fingerprint density at radius 3 is 2.54 bits per heavy atom. The van der Waals surface area contributed by atoms with Crippen molar-refractivity contribution in [3.05, 3.63) is 53.6 Å². The Balaban J connectivity index is 1.76. The minimum atomic E-state index is -3.61. The summed E-state index contributed by atoms with van der Waals surface area (Å²) >= 11 is 0. The van der Waals surface area contributed by atoms with Crippen molar-refractivity contribution in [3.63, 3.8) is 0 Å². The number of rotatable bonds is 6. The molecule has 2 aromatic carbocycles. The van der Waals surface area contributed by atoms with Crippen LogP contribution in [-0.2, 0) is 22.9 Å². The molecule has 26 heavy (non-hydrogen) atoms. The highest BCUT2D eigenvalue weighted by atomic mass is 32.2. The van der Waals surface area contributed by atoms with Crippen LogP contribution in [0.2, 0.25) is 0 Å². The topological polar surface area (TPSA) is 55.4 Å². The van der Waals surface area contributed by atoms with E-state index in [0.717, 1.165) is 43.4 Å². The summed E-state index contributed by atoms with van der Waals surface area (Å²) < 4.78 is 34.0. The number of unbranched alkanes of at least 4 members (excludes halogenated alkanes) is 1. The summed E-state index contributed by atoms with van der Waals surface area (Å²) in [7, 11) is -3.61. The molecule has 0 spiro atoms. The highest BCUT2D eigenvalue weighted by molar-refractivity contribution is 7.92. The molecule has 1 N–H and O–H groups in total. The monoisotopic (exact) mass is 373 g/mol. The number of fused-ring (bicyclic) bond motifs is 1. The van der Waals surface area contributed by atoms with E-state index in [0.29, 0.717) is 5.69 Å². The number of hydrogen-bond acceptors (Lipinski definition) is 3. The fourth-order valence-electron chi connectivity index (χ4n) is 3.14. The number of anilines is 1. The second-order valence-electron chi connectivity index (χ2n) is 7.54. The van der Waals surface area contributed by atoms with Gasteiger partial charge in [-0.1, -0.05) is 25.5 Å². The van der Waals surface area contributed by atoms with Crippen LogP contribution in [0.4, 0.5) is 5.69 Å². The number of sulfonamides is 1. The average molecular weight is 374 g/mol. The zero-order chi connectivity index (χ0) is 18.8. The molecule has 0 atom stereocenters. The molecular weight excluding hydrogens is 346 g/mol. The van der Waals surface area contributed by atoms with Crippen molar-refractivity contribution in [2.45, 2.75) is 63.4 Å². The summed E-state index contributed by atoms with van der Waals surface area (Å²) in [5.41, 5.74) is 2.55. The predicted molar refractivity (Wildman–Crippen MR) is 105 cm³/mol. The van der Waals surface area contributed by atoms with E-state index in [9.17, 15) is 8.42 Å². The van der Waals surface area contributed by atoms with E-state index in [1.807, 2.05) is 38.1 Å². The maximum Gasteiger partial charge on any atom is 0.261 e. The summed E-state index contributed by atoms with van der Waals surface area (Å²) in [6.07, 6.45) is 4.99. The Morgan fingerprint density at radius 2 is 1.85 bits per heavy atom. The summed E-state index contributed by atoms with van der Waals surface area (Å²) in [4.78, 5) is 0.273. The summed E-state index contributed by atoms with van der Waals surface area (Å²) in [5.74, 6) is 0.778. The van der Waals surface area contributed by atoms with Crippen LogP contribution in [0.1, 0.15) is 51.2 Å². The molecule has 2 aromatic rings. The molecular formula is C21H27NO3S. The molecule has 4 nitrogen and oxygen atoms in total. The van der Waals surface area contributed by atoms with Crippen LogP contribution in [0.3, 0.4) is 0 Å². The predicted octanol–water partition coefficient (Wildman–Crippen LogP) is 4.93. The van der Waals surface area contributed by atoms with Gasteiger partial charge in [-0.15, -0.1) is 0 Å². The van der Waals surface area contributed by atoms with Crippen LogP contribution in [-0.4, -0.2) is 14.0 Å². The fraction of sp³-hybridized carbons (Fsp3) is 0.429. The number of nitrogens with one attached hydrogen (secondary N) is 1. The Bertz CT molecular complexity index is 871. The van der Waals surface area contributed by atoms with E-state index >= 15 is 0 Å². The molecule has 0 radical (unpaired) electrons. The zero-order valence-corrected chi connectivity index (χ0v) is 16.5. The van der Waals surface area contributed by atoms with Gasteiger partial charge in [-0.25, -0.2) is 8.42 Å². The van der Waals surface area contributed by atoms with E-state index in [2.05, 4.69) is 11.6 Å². The zero-order valence-electron chi connectivity index (χ0n) is 15.7. The second-order valence-corrected chi connectivity index (χ2v) is 9.22.